The minimum Gasteiger partial charge on any atom is -0.480 e. The van der Waals surface area contributed by atoms with Crippen LogP contribution in [0.5, 0.6) is 0 Å². The molecule has 0 radical (unpaired) electrons. The average Bonchev–Trinajstić information content (AvgIpc) is 2.38. The summed E-state index contributed by atoms with van der Waals surface area (Å²) in [5, 5.41) is 12.3. The van der Waals surface area contributed by atoms with Crippen LogP contribution in [-0.2, 0) is 9.59 Å². The predicted octanol–water partition coefficient (Wildman–Crippen LogP) is 2.80. The monoisotopic (exact) mass is 263 g/mol. The number of carboxylic acids is 1. The lowest BCUT2D eigenvalue weighted by atomic mass is 9.83. The molecular weight excluding hydrogens is 242 g/mol. The first-order chi connectivity index (χ1) is 8.97. The fourth-order valence-electron chi connectivity index (χ4n) is 2.20. The smallest absolute Gasteiger partial charge is 0.326 e. The number of benzene rings is 1. The third-order valence-electron chi connectivity index (χ3n) is 3.16. The van der Waals surface area contributed by atoms with Crippen LogP contribution in [0.25, 0.3) is 0 Å². The third-order valence-corrected chi connectivity index (χ3v) is 3.16. The molecule has 0 aromatic heterocycles. The number of Topliss-reactive ketones (excluding diaryl/α,β-unsaturated/α-hetero) is 1. The molecule has 0 saturated heterocycles. The van der Waals surface area contributed by atoms with Crippen molar-refractivity contribution in [2.75, 3.05) is 5.32 Å². The zero-order valence-corrected chi connectivity index (χ0v) is 11.6. The third kappa shape index (κ3) is 4.09. The van der Waals surface area contributed by atoms with Crippen molar-refractivity contribution >= 4 is 17.4 Å². The largest absolute Gasteiger partial charge is 0.480 e. The van der Waals surface area contributed by atoms with Crippen LogP contribution in [0.2, 0.25) is 0 Å². The number of para-hydroxylation sites is 1. The fraction of sp³-hybridized carbons (Fsp3) is 0.467. The number of hydrogen-bond acceptors (Lipinski definition) is 3. The van der Waals surface area contributed by atoms with Crippen LogP contribution < -0.4 is 5.32 Å². The Morgan fingerprint density at radius 2 is 1.79 bits per heavy atom. The van der Waals surface area contributed by atoms with E-state index in [9.17, 15) is 14.7 Å². The lowest BCUT2D eigenvalue weighted by Gasteiger charge is -2.27. The molecule has 104 valence electrons. The van der Waals surface area contributed by atoms with Gasteiger partial charge in [-0.05, 0) is 18.1 Å². The topological polar surface area (TPSA) is 66.4 Å². The Morgan fingerprint density at radius 1 is 1.21 bits per heavy atom. The van der Waals surface area contributed by atoms with E-state index in [0.29, 0.717) is 12.1 Å². The van der Waals surface area contributed by atoms with Crippen LogP contribution in [0.4, 0.5) is 5.69 Å². The first-order valence-electron chi connectivity index (χ1n) is 6.54. The van der Waals surface area contributed by atoms with Gasteiger partial charge in [0.25, 0.3) is 0 Å². The lowest BCUT2D eigenvalue weighted by Crippen LogP contribution is -2.43. The molecule has 2 N–H and O–H groups in total. The number of carbonyl (C=O) groups excluding carboxylic acids is 1. The molecule has 0 aliphatic heterocycles. The molecule has 0 aliphatic rings. The summed E-state index contributed by atoms with van der Waals surface area (Å²) in [4.78, 5) is 23.4. The second-order valence-electron chi connectivity index (χ2n) is 4.92. The van der Waals surface area contributed by atoms with Crippen LogP contribution in [0, 0.1) is 11.8 Å². The minimum atomic E-state index is -0.996. The lowest BCUT2D eigenvalue weighted by molar-refractivity contribution is -0.142. The molecule has 1 aromatic rings. The molecule has 4 heteroatoms. The van der Waals surface area contributed by atoms with Crippen LogP contribution in [0.15, 0.2) is 30.3 Å². The summed E-state index contributed by atoms with van der Waals surface area (Å²) in [5.41, 5.74) is 0.712. The SMILES string of the molecule is CCC(=O)C(C(C)C)C(Nc1ccccc1)C(=O)O. The van der Waals surface area contributed by atoms with Gasteiger partial charge in [0, 0.05) is 12.1 Å². The first-order valence-corrected chi connectivity index (χ1v) is 6.54. The highest BCUT2D eigenvalue weighted by atomic mass is 16.4. The van der Waals surface area contributed by atoms with Gasteiger partial charge in [0.15, 0.2) is 0 Å². The van der Waals surface area contributed by atoms with Gasteiger partial charge < -0.3 is 10.4 Å². The highest BCUT2D eigenvalue weighted by Gasteiger charge is 2.34. The Kier molecular flexibility index (Phi) is 5.55. The number of ketones is 1. The summed E-state index contributed by atoms with van der Waals surface area (Å²) in [5.74, 6) is -1.57. The zero-order chi connectivity index (χ0) is 14.4. The maximum Gasteiger partial charge on any atom is 0.326 e. The number of aliphatic carboxylic acids is 1. The normalized spacial score (nSPS) is 13.9. The molecule has 0 bridgehead atoms. The Balaban J connectivity index is 2.98. The Hall–Kier alpha value is -1.84. The van der Waals surface area contributed by atoms with E-state index < -0.39 is 17.9 Å². The van der Waals surface area contributed by atoms with Crippen molar-refractivity contribution in [2.45, 2.75) is 33.2 Å². The van der Waals surface area contributed by atoms with Gasteiger partial charge >= 0.3 is 5.97 Å². The van der Waals surface area contributed by atoms with Gasteiger partial charge in [-0.25, -0.2) is 4.79 Å². The van der Waals surface area contributed by atoms with Gasteiger partial charge in [0.05, 0.1) is 5.92 Å². The van der Waals surface area contributed by atoms with Crippen LogP contribution in [0.3, 0.4) is 0 Å². The predicted molar refractivity (Wildman–Crippen MR) is 75.1 cm³/mol. The summed E-state index contributed by atoms with van der Waals surface area (Å²) in [6.07, 6.45) is 0.350. The van der Waals surface area contributed by atoms with E-state index >= 15 is 0 Å². The fourth-order valence-corrected chi connectivity index (χ4v) is 2.20. The zero-order valence-electron chi connectivity index (χ0n) is 11.6. The molecular formula is C15H21NO3. The number of rotatable bonds is 7. The number of hydrogen-bond donors (Lipinski definition) is 2. The Morgan fingerprint density at radius 3 is 2.21 bits per heavy atom. The molecule has 0 amide bonds. The standard InChI is InChI=1S/C15H21NO3/c1-4-12(17)13(10(2)3)14(15(18)19)16-11-8-6-5-7-9-11/h5-10,13-14,16H,4H2,1-3H3,(H,18,19). The average molecular weight is 263 g/mol. The highest BCUT2D eigenvalue weighted by Crippen LogP contribution is 2.22. The van der Waals surface area contributed by atoms with E-state index in [2.05, 4.69) is 5.32 Å². The van der Waals surface area contributed by atoms with Crippen molar-refractivity contribution in [1.82, 2.24) is 0 Å². The Bertz CT molecular complexity index is 428. The maximum atomic E-state index is 12.0. The molecule has 4 nitrogen and oxygen atoms in total. The molecule has 0 fully saturated rings. The van der Waals surface area contributed by atoms with Crippen LogP contribution in [0.1, 0.15) is 27.2 Å². The van der Waals surface area contributed by atoms with Crippen molar-refractivity contribution < 1.29 is 14.7 Å². The number of nitrogens with one attached hydrogen (secondary N) is 1. The number of carboxylic acid groups (broad SMARTS) is 1. The van der Waals surface area contributed by atoms with Gasteiger partial charge in [-0.15, -0.1) is 0 Å². The van der Waals surface area contributed by atoms with Crippen molar-refractivity contribution in [3.63, 3.8) is 0 Å². The van der Waals surface area contributed by atoms with Gasteiger partial charge in [0.1, 0.15) is 11.8 Å². The summed E-state index contributed by atoms with van der Waals surface area (Å²) >= 11 is 0. The summed E-state index contributed by atoms with van der Waals surface area (Å²) in [7, 11) is 0. The van der Waals surface area contributed by atoms with Gasteiger partial charge in [-0.2, -0.15) is 0 Å². The van der Waals surface area contributed by atoms with Crippen LogP contribution in [-0.4, -0.2) is 22.9 Å². The summed E-state index contributed by atoms with van der Waals surface area (Å²) < 4.78 is 0. The van der Waals surface area contributed by atoms with Gasteiger partial charge in [0.2, 0.25) is 0 Å². The summed E-state index contributed by atoms with van der Waals surface area (Å²) in [6, 6.07) is 8.21. The maximum absolute atomic E-state index is 12.0. The van der Waals surface area contributed by atoms with Crippen molar-refractivity contribution in [3.8, 4) is 0 Å². The molecule has 19 heavy (non-hydrogen) atoms. The molecule has 0 saturated carbocycles. The molecule has 0 aliphatic carbocycles. The molecule has 0 heterocycles. The molecule has 1 aromatic carbocycles. The van der Waals surface area contributed by atoms with E-state index in [-0.39, 0.29) is 11.7 Å². The number of carbonyl (C=O) groups is 2. The van der Waals surface area contributed by atoms with E-state index in [4.69, 9.17) is 0 Å². The number of anilines is 1. The van der Waals surface area contributed by atoms with E-state index in [0.717, 1.165) is 0 Å². The quantitative estimate of drug-likeness (QED) is 0.794. The van der Waals surface area contributed by atoms with Crippen LogP contribution >= 0.6 is 0 Å². The molecule has 0 spiro atoms. The first kappa shape index (κ1) is 15.2. The highest BCUT2D eigenvalue weighted by molar-refractivity contribution is 5.89. The second kappa shape index (κ2) is 6.92. The van der Waals surface area contributed by atoms with E-state index in [1.807, 2.05) is 32.0 Å². The van der Waals surface area contributed by atoms with E-state index in [1.54, 1.807) is 19.1 Å². The second-order valence-corrected chi connectivity index (χ2v) is 4.92. The van der Waals surface area contributed by atoms with Gasteiger partial charge in [-0.3, -0.25) is 4.79 Å². The van der Waals surface area contributed by atoms with Crippen molar-refractivity contribution in [3.05, 3.63) is 30.3 Å². The Labute approximate surface area is 113 Å². The summed E-state index contributed by atoms with van der Waals surface area (Å²) in [6.45, 7) is 5.51. The van der Waals surface area contributed by atoms with Crippen molar-refractivity contribution in [2.24, 2.45) is 11.8 Å². The van der Waals surface area contributed by atoms with Crippen molar-refractivity contribution in [1.29, 1.82) is 0 Å². The molecule has 1 rings (SSSR count). The molecule has 2 unspecified atom stereocenters. The minimum absolute atomic E-state index is 0.0224. The van der Waals surface area contributed by atoms with Gasteiger partial charge in [-0.1, -0.05) is 39.0 Å². The molecule has 2 atom stereocenters. The van der Waals surface area contributed by atoms with E-state index in [1.165, 1.54) is 0 Å².